The summed E-state index contributed by atoms with van der Waals surface area (Å²) in [5.41, 5.74) is 1.26. The van der Waals surface area contributed by atoms with E-state index in [1.54, 1.807) is 16.8 Å². The van der Waals surface area contributed by atoms with E-state index in [2.05, 4.69) is 9.82 Å². The zero-order chi connectivity index (χ0) is 14.0. The second kappa shape index (κ2) is 5.22. The first kappa shape index (κ1) is 13.9. The maximum atomic E-state index is 12.2. The molecule has 1 aromatic carbocycles. The molecular weight excluding hydrogens is 286 g/mol. The quantitative estimate of drug-likeness (QED) is 0.944. The van der Waals surface area contributed by atoms with Gasteiger partial charge in [-0.2, -0.15) is 5.10 Å². The van der Waals surface area contributed by atoms with Gasteiger partial charge < -0.3 is 0 Å². The molecule has 0 radical (unpaired) electrons. The van der Waals surface area contributed by atoms with Crippen LogP contribution < -0.4 is 4.72 Å². The zero-order valence-corrected chi connectivity index (χ0v) is 12.2. The Bertz CT molecular complexity index is 678. The molecule has 19 heavy (non-hydrogen) atoms. The van der Waals surface area contributed by atoms with Crippen molar-refractivity contribution in [2.45, 2.75) is 25.3 Å². The van der Waals surface area contributed by atoms with E-state index >= 15 is 0 Å². The van der Waals surface area contributed by atoms with Crippen molar-refractivity contribution in [3.05, 3.63) is 41.2 Å². The van der Waals surface area contributed by atoms with Crippen molar-refractivity contribution in [2.75, 3.05) is 4.72 Å². The Morgan fingerprint density at radius 1 is 1.32 bits per heavy atom. The second-order valence-electron chi connectivity index (χ2n) is 4.02. The molecule has 1 heterocycles. The van der Waals surface area contributed by atoms with Gasteiger partial charge in [0.15, 0.2) is 0 Å². The Labute approximate surface area is 117 Å². The summed E-state index contributed by atoms with van der Waals surface area (Å²) >= 11 is 5.74. The maximum absolute atomic E-state index is 12.2. The van der Waals surface area contributed by atoms with Crippen LogP contribution in [0.3, 0.4) is 0 Å². The average Bonchev–Trinajstić information content (AvgIpc) is 2.70. The summed E-state index contributed by atoms with van der Waals surface area (Å²) in [5.74, 6) is 0. The Hall–Kier alpha value is -1.53. The molecule has 7 heteroatoms. The van der Waals surface area contributed by atoms with E-state index in [-0.39, 0.29) is 4.90 Å². The number of nitrogens with one attached hydrogen (secondary N) is 1. The minimum Gasteiger partial charge on any atom is -0.276 e. The number of halogens is 1. The first-order valence-electron chi connectivity index (χ1n) is 5.75. The molecule has 5 nitrogen and oxygen atoms in total. The molecule has 2 rings (SSSR count). The molecule has 0 saturated heterocycles. The van der Waals surface area contributed by atoms with Crippen molar-refractivity contribution < 1.29 is 8.42 Å². The van der Waals surface area contributed by atoms with Gasteiger partial charge in [-0.1, -0.05) is 11.6 Å². The summed E-state index contributed by atoms with van der Waals surface area (Å²) in [7, 11) is -3.61. The van der Waals surface area contributed by atoms with Gasteiger partial charge in [-0.3, -0.25) is 9.40 Å². The van der Waals surface area contributed by atoms with Crippen LogP contribution in [0.15, 0.2) is 35.4 Å². The average molecular weight is 300 g/mol. The standard InChI is InChI=1S/C12H14ClN3O2S/c1-3-16-9(2)12(8-14-16)15-19(17,18)11-6-4-10(13)5-7-11/h4-8,15H,3H2,1-2H3. The number of rotatable bonds is 4. The number of aryl methyl sites for hydroxylation is 1. The smallest absolute Gasteiger partial charge is 0.262 e. The molecule has 1 aromatic heterocycles. The van der Waals surface area contributed by atoms with Crippen molar-refractivity contribution in [1.29, 1.82) is 0 Å². The third-order valence-electron chi connectivity index (χ3n) is 2.77. The van der Waals surface area contributed by atoms with Gasteiger partial charge in [-0.15, -0.1) is 0 Å². The van der Waals surface area contributed by atoms with E-state index < -0.39 is 10.0 Å². The van der Waals surface area contributed by atoms with Crippen LogP contribution in [0.5, 0.6) is 0 Å². The van der Waals surface area contributed by atoms with Gasteiger partial charge in [0.05, 0.1) is 22.5 Å². The Kier molecular flexibility index (Phi) is 3.82. The second-order valence-corrected chi connectivity index (χ2v) is 6.14. The zero-order valence-electron chi connectivity index (χ0n) is 10.6. The molecule has 0 bridgehead atoms. The SMILES string of the molecule is CCn1ncc(NS(=O)(=O)c2ccc(Cl)cc2)c1C. The first-order valence-corrected chi connectivity index (χ1v) is 7.61. The third-order valence-corrected chi connectivity index (χ3v) is 4.40. The summed E-state index contributed by atoms with van der Waals surface area (Å²) in [6.45, 7) is 4.45. The third kappa shape index (κ3) is 2.90. The minimum atomic E-state index is -3.61. The lowest BCUT2D eigenvalue weighted by Gasteiger charge is -2.07. The molecule has 0 saturated carbocycles. The fourth-order valence-electron chi connectivity index (χ4n) is 1.68. The minimum absolute atomic E-state index is 0.167. The summed E-state index contributed by atoms with van der Waals surface area (Å²) in [4.78, 5) is 0.167. The fourth-order valence-corrected chi connectivity index (χ4v) is 2.91. The van der Waals surface area contributed by atoms with Gasteiger partial charge >= 0.3 is 0 Å². The number of sulfonamides is 1. The van der Waals surface area contributed by atoms with Crippen LogP contribution >= 0.6 is 11.6 Å². The summed E-state index contributed by atoms with van der Waals surface area (Å²) in [5, 5.41) is 4.59. The predicted octanol–water partition coefficient (Wildman–Crippen LogP) is 2.67. The Morgan fingerprint density at radius 3 is 2.47 bits per heavy atom. The van der Waals surface area contributed by atoms with Crippen LogP contribution in [0.2, 0.25) is 5.02 Å². The lowest BCUT2D eigenvalue weighted by molar-refractivity contribution is 0.601. The molecule has 102 valence electrons. The summed E-state index contributed by atoms with van der Waals surface area (Å²) < 4.78 is 28.6. The van der Waals surface area contributed by atoms with Crippen LogP contribution in [0.1, 0.15) is 12.6 Å². The van der Waals surface area contributed by atoms with Gasteiger partial charge in [-0.05, 0) is 38.1 Å². The largest absolute Gasteiger partial charge is 0.276 e. The highest BCUT2D eigenvalue weighted by Crippen LogP contribution is 2.20. The molecule has 0 aliphatic carbocycles. The molecule has 0 spiro atoms. The molecule has 0 amide bonds. The number of benzene rings is 1. The molecule has 0 aliphatic rings. The van der Waals surface area contributed by atoms with Gasteiger partial charge in [0, 0.05) is 11.6 Å². The molecule has 0 atom stereocenters. The van der Waals surface area contributed by atoms with Crippen molar-refractivity contribution >= 4 is 27.3 Å². The highest BCUT2D eigenvalue weighted by atomic mass is 35.5. The van der Waals surface area contributed by atoms with E-state index in [0.29, 0.717) is 17.3 Å². The topological polar surface area (TPSA) is 64.0 Å². The van der Waals surface area contributed by atoms with Crippen molar-refractivity contribution in [2.24, 2.45) is 0 Å². The number of nitrogens with zero attached hydrogens (tertiary/aromatic N) is 2. The lowest BCUT2D eigenvalue weighted by Crippen LogP contribution is -2.13. The van der Waals surface area contributed by atoms with Gasteiger partial charge in [-0.25, -0.2) is 8.42 Å². The molecular formula is C12H14ClN3O2S. The lowest BCUT2D eigenvalue weighted by atomic mass is 10.4. The van der Waals surface area contributed by atoms with E-state index in [1.807, 2.05) is 13.8 Å². The van der Waals surface area contributed by atoms with E-state index in [0.717, 1.165) is 5.69 Å². The van der Waals surface area contributed by atoms with Crippen LogP contribution in [0, 0.1) is 6.92 Å². The van der Waals surface area contributed by atoms with E-state index in [4.69, 9.17) is 11.6 Å². The van der Waals surface area contributed by atoms with E-state index in [9.17, 15) is 8.42 Å². The highest BCUT2D eigenvalue weighted by Gasteiger charge is 2.16. The number of aromatic nitrogens is 2. The summed E-state index contributed by atoms with van der Waals surface area (Å²) in [6.07, 6.45) is 1.51. The van der Waals surface area contributed by atoms with Crippen LogP contribution in [0.25, 0.3) is 0 Å². The van der Waals surface area contributed by atoms with Crippen molar-refractivity contribution in [1.82, 2.24) is 9.78 Å². The van der Waals surface area contributed by atoms with Gasteiger partial charge in [0.2, 0.25) is 0 Å². The van der Waals surface area contributed by atoms with Gasteiger partial charge in [0.1, 0.15) is 0 Å². The van der Waals surface area contributed by atoms with E-state index in [1.165, 1.54) is 18.3 Å². The molecule has 0 fully saturated rings. The Morgan fingerprint density at radius 2 is 1.95 bits per heavy atom. The first-order chi connectivity index (χ1) is 8.94. The maximum Gasteiger partial charge on any atom is 0.262 e. The van der Waals surface area contributed by atoms with Crippen LogP contribution in [-0.4, -0.2) is 18.2 Å². The van der Waals surface area contributed by atoms with Crippen LogP contribution in [0.4, 0.5) is 5.69 Å². The Balaban J connectivity index is 2.31. The molecule has 0 aliphatic heterocycles. The van der Waals surface area contributed by atoms with Crippen molar-refractivity contribution in [3.63, 3.8) is 0 Å². The predicted molar refractivity (Wildman–Crippen MR) is 74.9 cm³/mol. The normalized spacial score (nSPS) is 11.5. The fraction of sp³-hybridized carbons (Fsp3) is 0.250. The van der Waals surface area contributed by atoms with Crippen molar-refractivity contribution in [3.8, 4) is 0 Å². The molecule has 1 N–H and O–H groups in total. The molecule has 2 aromatic rings. The van der Waals surface area contributed by atoms with Crippen LogP contribution in [-0.2, 0) is 16.6 Å². The number of hydrogen-bond donors (Lipinski definition) is 1. The number of hydrogen-bond acceptors (Lipinski definition) is 3. The summed E-state index contributed by atoms with van der Waals surface area (Å²) in [6, 6.07) is 6.01. The monoisotopic (exact) mass is 299 g/mol. The number of anilines is 1. The molecule has 0 unspecified atom stereocenters. The van der Waals surface area contributed by atoms with Gasteiger partial charge in [0.25, 0.3) is 10.0 Å². The highest BCUT2D eigenvalue weighted by molar-refractivity contribution is 7.92.